The first-order valence-corrected chi connectivity index (χ1v) is 5.17. The first-order chi connectivity index (χ1) is 6.74. The quantitative estimate of drug-likeness (QED) is 0.720. The SMILES string of the molecule is CC/C=C\C(C)Cc1ccccc1O. The number of allylic oxidation sites excluding steroid dienone is 2. The minimum Gasteiger partial charge on any atom is -0.508 e. The molecule has 1 unspecified atom stereocenters. The second-order valence-electron chi connectivity index (χ2n) is 3.65. The smallest absolute Gasteiger partial charge is 0.118 e. The molecule has 1 aromatic carbocycles. The van der Waals surface area contributed by atoms with Gasteiger partial charge in [0.15, 0.2) is 0 Å². The topological polar surface area (TPSA) is 20.2 Å². The Bertz CT molecular complexity index is 302. The summed E-state index contributed by atoms with van der Waals surface area (Å²) in [6.07, 6.45) is 6.35. The molecule has 0 fully saturated rings. The molecule has 76 valence electrons. The average molecular weight is 190 g/mol. The second kappa shape index (κ2) is 5.48. The second-order valence-corrected chi connectivity index (χ2v) is 3.65. The zero-order valence-electron chi connectivity index (χ0n) is 8.90. The largest absolute Gasteiger partial charge is 0.508 e. The summed E-state index contributed by atoms with van der Waals surface area (Å²) in [5, 5.41) is 9.56. The van der Waals surface area contributed by atoms with Crippen molar-refractivity contribution in [3.8, 4) is 5.75 Å². The lowest BCUT2D eigenvalue weighted by atomic mass is 10.00. The Morgan fingerprint density at radius 2 is 2.07 bits per heavy atom. The van der Waals surface area contributed by atoms with Crippen LogP contribution in [0.4, 0.5) is 0 Å². The molecule has 0 aliphatic heterocycles. The Morgan fingerprint density at radius 1 is 1.36 bits per heavy atom. The van der Waals surface area contributed by atoms with E-state index in [1.54, 1.807) is 6.07 Å². The van der Waals surface area contributed by atoms with Gasteiger partial charge in [-0.3, -0.25) is 0 Å². The van der Waals surface area contributed by atoms with Gasteiger partial charge in [-0.15, -0.1) is 0 Å². The summed E-state index contributed by atoms with van der Waals surface area (Å²) >= 11 is 0. The number of phenols is 1. The van der Waals surface area contributed by atoms with Gasteiger partial charge in [0.05, 0.1) is 0 Å². The van der Waals surface area contributed by atoms with Crippen LogP contribution in [-0.4, -0.2) is 5.11 Å². The Labute approximate surface area is 86.1 Å². The summed E-state index contributed by atoms with van der Waals surface area (Å²) in [6, 6.07) is 7.54. The third kappa shape index (κ3) is 3.25. The summed E-state index contributed by atoms with van der Waals surface area (Å²) in [5.74, 6) is 0.896. The minimum absolute atomic E-state index is 0.407. The van der Waals surface area contributed by atoms with E-state index in [2.05, 4.69) is 26.0 Å². The minimum atomic E-state index is 0.407. The molecule has 1 aromatic rings. The van der Waals surface area contributed by atoms with Gasteiger partial charge in [0.25, 0.3) is 0 Å². The zero-order chi connectivity index (χ0) is 10.4. The van der Waals surface area contributed by atoms with E-state index in [4.69, 9.17) is 0 Å². The van der Waals surface area contributed by atoms with Crippen LogP contribution in [0.2, 0.25) is 0 Å². The van der Waals surface area contributed by atoms with Crippen molar-refractivity contribution in [3.63, 3.8) is 0 Å². The summed E-state index contributed by atoms with van der Waals surface area (Å²) in [6.45, 7) is 4.29. The van der Waals surface area contributed by atoms with Gasteiger partial charge in [0, 0.05) is 0 Å². The monoisotopic (exact) mass is 190 g/mol. The number of hydrogen-bond donors (Lipinski definition) is 1. The van der Waals surface area contributed by atoms with E-state index < -0.39 is 0 Å². The Kier molecular flexibility index (Phi) is 4.24. The molecule has 0 aliphatic rings. The molecular formula is C13H18O. The molecule has 0 aliphatic carbocycles. The van der Waals surface area contributed by atoms with Crippen molar-refractivity contribution < 1.29 is 5.11 Å². The fourth-order valence-corrected chi connectivity index (χ4v) is 1.47. The van der Waals surface area contributed by atoms with Crippen LogP contribution in [-0.2, 0) is 6.42 Å². The highest BCUT2D eigenvalue weighted by Gasteiger charge is 2.03. The summed E-state index contributed by atoms with van der Waals surface area (Å²) in [7, 11) is 0. The van der Waals surface area contributed by atoms with Crippen molar-refractivity contribution in [3.05, 3.63) is 42.0 Å². The highest BCUT2D eigenvalue weighted by molar-refractivity contribution is 5.32. The van der Waals surface area contributed by atoms with Gasteiger partial charge >= 0.3 is 0 Å². The highest BCUT2D eigenvalue weighted by atomic mass is 16.3. The molecule has 1 heteroatoms. The maximum atomic E-state index is 9.56. The molecule has 1 atom stereocenters. The van der Waals surface area contributed by atoms with Crippen LogP contribution in [0.1, 0.15) is 25.8 Å². The van der Waals surface area contributed by atoms with E-state index in [9.17, 15) is 5.11 Å². The van der Waals surface area contributed by atoms with Crippen molar-refractivity contribution in [2.45, 2.75) is 26.7 Å². The van der Waals surface area contributed by atoms with Crippen LogP contribution in [0.5, 0.6) is 5.75 Å². The maximum Gasteiger partial charge on any atom is 0.118 e. The Morgan fingerprint density at radius 3 is 2.71 bits per heavy atom. The van der Waals surface area contributed by atoms with Gasteiger partial charge in [-0.05, 0) is 30.4 Å². The third-order valence-electron chi connectivity index (χ3n) is 2.23. The van der Waals surface area contributed by atoms with E-state index in [1.165, 1.54) is 0 Å². The molecule has 1 N–H and O–H groups in total. The van der Waals surface area contributed by atoms with E-state index in [0.717, 1.165) is 18.4 Å². The van der Waals surface area contributed by atoms with Gasteiger partial charge in [-0.2, -0.15) is 0 Å². The molecule has 0 spiro atoms. The number of aromatic hydroxyl groups is 1. The molecule has 0 bridgehead atoms. The Hall–Kier alpha value is -1.24. The lowest BCUT2D eigenvalue weighted by Crippen LogP contribution is -1.95. The van der Waals surface area contributed by atoms with Gasteiger partial charge in [0.1, 0.15) is 5.75 Å². The van der Waals surface area contributed by atoms with E-state index >= 15 is 0 Å². The van der Waals surface area contributed by atoms with Gasteiger partial charge in [0.2, 0.25) is 0 Å². The Balaban J connectivity index is 2.60. The third-order valence-corrected chi connectivity index (χ3v) is 2.23. The predicted molar refractivity (Wildman–Crippen MR) is 60.4 cm³/mol. The molecule has 0 saturated carbocycles. The molecule has 14 heavy (non-hydrogen) atoms. The fourth-order valence-electron chi connectivity index (χ4n) is 1.47. The average Bonchev–Trinajstić information content (AvgIpc) is 2.18. The van der Waals surface area contributed by atoms with E-state index in [-0.39, 0.29) is 0 Å². The van der Waals surface area contributed by atoms with Gasteiger partial charge in [-0.1, -0.05) is 44.2 Å². The van der Waals surface area contributed by atoms with Crippen molar-refractivity contribution in [1.82, 2.24) is 0 Å². The lowest BCUT2D eigenvalue weighted by Gasteiger charge is -2.07. The maximum absolute atomic E-state index is 9.56. The van der Waals surface area contributed by atoms with Crippen molar-refractivity contribution in [2.24, 2.45) is 5.92 Å². The van der Waals surface area contributed by atoms with Gasteiger partial charge in [-0.25, -0.2) is 0 Å². The standard InChI is InChI=1S/C13H18O/c1-3-4-7-11(2)10-12-8-5-6-9-13(12)14/h4-9,11,14H,3,10H2,1-2H3/b7-4-. The van der Waals surface area contributed by atoms with Crippen LogP contribution in [0.15, 0.2) is 36.4 Å². The molecule has 1 rings (SSSR count). The molecule has 1 nitrogen and oxygen atoms in total. The molecule has 0 radical (unpaired) electrons. The number of benzene rings is 1. The van der Waals surface area contributed by atoms with Crippen molar-refractivity contribution in [2.75, 3.05) is 0 Å². The number of phenolic OH excluding ortho intramolecular Hbond substituents is 1. The molecule has 0 amide bonds. The first kappa shape index (κ1) is 10.8. The fraction of sp³-hybridized carbons (Fsp3) is 0.385. The van der Waals surface area contributed by atoms with Crippen molar-refractivity contribution >= 4 is 0 Å². The van der Waals surface area contributed by atoms with E-state index in [1.807, 2.05) is 18.2 Å². The normalized spacial score (nSPS) is 13.3. The van der Waals surface area contributed by atoms with Gasteiger partial charge < -0.3 is 5.11 Å². The van der Waals surface area contributed by atoms with Crippen LogP contribution in [0, 0.1) is 5.92 Å². The molecule has 0 saturated heterocycles. The van der Waals surface area contributed by atoms with E-state index in [0.29, 0.717) is 11.7 Å². The van der Waals surface area contributed by atoms with Crippen molar-refractivity contribution in [1.29, 1.82) is 0 Å². The van der Waals surface area contributed by atoms with Crippen LogP contribution in [0.3, 0.4) is 0 Å². The number of para-hydroxylation sites is 1. The summed E-state index contributed by atoms with van der Waals surface area (Å²) in [4.78, 5) is 0. The van der Waals surface area contributed by atoms with Crippen LogP contribution in [0.25, 0.3) is 0 Å². The molecular weight excluding hydrogens is 172 g/mol. The lowest BCUT2D eigenvalue weighted by molar-refractivity contribution is 0.465. The predicted octanol–water partition coefficient (Wildman–Crippen LogP) is 3.54. The summed E-state index contributed by atoms with van der Waals surface area (Å²) in [5.41, 5.74) is 1.03. The number of hydrogen-bond acceptors (Lipinski definition) is 1. The molecule has 0 aromatic heterocycles. The zero-order valence-corrected chi connectivity index (χ0v) is 8.90. The highest BCUT2D eigenvalue weighted by Crippen LogP contribution is 2.19. The van der Waals surface area contributed by atoms with Crippen LogP contribution >= 0.6 is 0 Å². The summed E-state index contributed by atoms with van der Waals surface area (Å²) < 4.78 is 0. The molecule has 0 heterocycles. The first-order valence-electron chi connectivity index (χ1n) is 5.17. The number of rotatable bonds is 4. The van der Waals surface area contributed by atoms with Crippen LogP contribution < -0.4 is 0 Å².